The highest BCUT2D eigenvalue weighted by Crippen LogP contribution is 2.24. The molecule has 1 unspecified atom stereocenters. The van der Waals surface area contributed by atoms with Gasteiger partial charge in [-0.15, -0.1) is 11.3 Å². The number of benzene rings is 1. The van der Waals surface area contributed by atoms with E-state index < -0.39 is 0 Å². The van der Waals surface area contributed by atoms with Gasteiger partial charge in [-0.1, -0.05) is 36.6 Å². The van der Waals surface area contributed by atoms with Crippen LogP contribution >= 0.6 is 34.4 Å². The van der Waals surface area contributed by atoms with Crippen LogP contribution in [0, 0.1) is 24.7 Å². The molecule has 1 aliphatic rings. The van der Waals surface area contributed by atoms with Gasteiger partial charge in [0, 0.05) is 53.2 Å². The lowest BCUT2D eigenvalue weighted by Crippen LogP contribution is -2.50. The summed E-state index contributed by atoms with van der Waals surface area (Å²) in [5, 5.41) is 8.32. The van der Waals surface area contributed by atoms with E-state index in [1.807, 2.05) is 22.5 Å². The van der Waals surface area contributed by atoms with E-state index in [4.69, 9.17) is 4.74 Å². The summed E-state index contributed by atoms with van der Waals surface area (Å²) in [7, 11) is 1.39. The van der Waals surface area contributed by atoms with Gasteiger partial charge < -0.3 is 4.74 Å². The van der Waals surface area contributed by atoms with Crippen molar-refractivity contribution in [2.45, 2.75) is 33.1 Å². The largest absolute Gasteiger partial charge is 0.465 e. The summed E-state index contributed by atoms with van der Waals surface area (Å²) in [6.07, 6.45) is 2.71. The molecule has 1 aliphatic heterocycles. The molecule has 5 nitrogen and oxygen atoms in total. The summed E-state index contributed by atoms with van der Waals surface area (Å²) in [5.41, 5.74) is 4.65. The molecule has 3 aromatic rings. The Bertz CT molecular complexity index is 1270. The molecular weight excluding hydrogens is 521 g/mol. The fourth-order valence-electron chi connectivity index (χ4n) is 4.36. The van der Waals surface area contributed by atoms with Crippen LogP contribution in [0.5, 0.6) is 0 Å². The number of carbonyl (C=O) groups excluding carboxylic acids is 2. The zero-order chi connectivity index (χ0) is 26.2. The molecule has 0 N–H and O–H groups in total. The molecule has 37 heavy (non-hydrogen) atoms. The minimum absolute atomic E-state index is 0.108. The van der Waals surface area contributed by atoms with E-state index in [0.29, 0.717) is 17.3 Å². The van der Waals surface area contributed by atoms with Gasteiger partial charge in [0.25, 0.3) is 5.24 Å². The van der Waals surface area contributed by atoms with Crippen LogP contribution < -0.4 is 0 Å². The van der Waals surface area contributed by atoms with Crippen molar-refractivity contribution < 1.29 is 14.3 Å². The molecule has 4 rings (SSSR count). The quantitative estimate of drug-likeness (QED) is 0.224. The number of thiophene rings is 2. The molecule has 1 saturated heterocycles. The van der Waals surface area contributed by atoms with Crippen molar-refractivity contribution >= 4 is 45.6 Å². The maximum atomic E-state index is 12.7. The topological polar surface area (TPSA) is 49.9 Å². The van der Waals surface area contributed by atoms with Gasteiger partial charge in [-0.3, -0.25) is 9.80 Å². The Morgan fingerprint density at radius 3 is 2.76 bits per heavy atom. The van der Waals surface area contributed by atoms with E-state index in [1.165, 1.54) is 41.3 Å². The van der Waals surface area contributed by atoms with Crippen molar-refractivity contribution in [2.75, 3.05) is 32.5 Å². The van der Waals surface area contributed by atoms with E-state index in [0.717, 1.165) is 54.1 Å². The first-order valence-electron chi connectivity index (χ1n) is 12.4. The average Bonchev–Trinajstić information content (AvgIpc) is 3.57. The van der Waals surface area contributed by atoms with E-state index in [2.05, 4.69) is 54.3 Å². The van der Waals surface area contributed by atoms with E-state index in [9.17, 15) is 9.59 Å². The summed E-state index contributed by atoms with van der Waals surface area (Å²) in [4.78, 5) is 26.1. The molecular formula is C29H32N2O3S3. The first-order valence-corrected chi connectivity index (χ1v) is 15.2. The van der Waals surface area contributed by atoms with Crippen LogP contribution in [-0.4, -0.2) is 53.7 Å². The number of carbonyl (C=O) groups is 2. The van der Waals surface area contributed by atoms with Gasteiger partial charge in [0.1, 0.15) is 4.88 Å². The first-order chi connectivity index (χ1) is 17.9. The molecule has 0 aliphatic carbocycles. The van der Waals surface area contributed by atoms with E-state index in [1.54, 1.807) is 17.4 Å². The molecule has 1 aromatic carbocycles. The van der Waals surface area contributed by atoms with Crippen LogP contribution in [0.15, 0.2) is 47.2 Å². The third-order valence-corrected chi connectivity index (χ3v) is 8.87. The van der Waals surface area contributed by atoms with Gasteiger partial charge in [-0.05, 0) is 72.5 Å². The zero-order valence-electron chi connectivity index (χ0n) is 21.5. The summed E-state index contributed by atoms with van der Waals surface area (Å²) in [6, 6.07) is 12.4. The molecule has 2 aromatic heterocycles. The highest BCUT2D eigenvalue weighted by Gasteiger charge is 2.27. The van der Waals surface area contributed by atoms with Crippen molar-refractivity contribution in [1.82, 2.24) is 10.0 Å². The Labute approximate surface area is 231 Å². The number of hydrazine groups is 1. The molecule has 3 heterocycles. The number of ether oxygens (including phenoxy) is 1. The lowest BCUT2D eigenvalue weighted by Gasteiger charge is -2.38. The smallest absolute Gasteiger partial charge is 0.348 e. The van der Waals surface area contributed by atoms with Crippen LogP contribution in [-0.2, 0) is 17.6 Å². The maximum Gasteiger partial charge on any atom is 0.348 e. The molecule has 0 saturated carbocycles. The van der Waals surface area contributed by atoms with Gasteiger partial charge in [-0.25, -0.2) is 9.80 Å². The standard InChI is InChI=1S/C29H32N2O3S3/c1-21(16-25-18-22(2)17-24(19-25)5-4-23-10-14-35-20-23)8-11-30-13-15-36-29(33)31(30)12-9-26-6-7-27(37-26)28(32)34-3/h6-7,10,14,17-21H,8-9,11-13,15-16H2,1-3H3. The minimum Gasteiger partial charge on any atom is -0.465 e. The number of aryl methyl sites for hydroxylation is 1. The highest BCUT2D eigenvalue weighted by molar-refractivity contribution is 8.13. The molecule has 0 bridgehead atoms. The number of rotatable bonds is 9. The van der Waals surface area contributed by atoms with Gasteiger partial charge in [0.05, 0.1) is 7.11 Å². The van der Waals surface area contributed by atoms with Crippen LogP contribution in [0.3, 0.4) is 0 Å². The average molecular weight is 553 g/mol. The number of amides is 1. The summed E-state index contributed by atoms with van der Waals surface area (Å²) in [5.74, 6) is 7.55. The van der Waals surface area contributed by atoms with Gasteiger partial charge in [-0.2, -0.15) is 11.3 Å². The Balaban J connectivity index is 1.32. The fourth-order valence-corrected chi connectivity index (χ4v) is 6.69. The Hall–Kier alpha value is -2.57. The normalized spacial score (nSPS) is 14.8. The molecule has 8 heteroatoms. The second-order valence-corrected chi connectivity index (χ2v) is 12.3. The SMILES string of the molecule is COC(=O)c1ccc(CCN2C(=O)SCCN2CCC(C)Cc2cc(C)cc(C#Cc3ccsc3)c2)s1. The predicted molar refractivity (Wildman–Crippen MR) is 154 cm³/mol. The lowest BCUT2D eigenvalue weighted by atomic mass is 9.95. The number of methoxy groups -OCH3 is 1. The first kappa shape index (κ1) is 27.5. The summed E-state index contributed by atoms with van der Waals surface area (Å²) in [6.45, 7) is 6.74. The number of thioether (sulfide) groups is 1. The molecule has 1 atom stereocenters. The third-order valence-electron chi connectivity index (χ3n) is 6.22. The third kappa shape index (κ3) is 7.96. The second-order valence-electron chi connectivity index (χ2n) is 9.27. The second kappa shape index (κ2) is 13.3. The van der Waals surface area contributed by atoms with Crippen molar-refractivity contribution in [1.29, 1.82) is 0 Å². The number of esters is 1. The number of nitrogens with zero attached hydrogens (tertiary/aromatic N) is 2. The van der Waals surface area contributed by atoms with Crippen LogP contribution in [0.2, 0.25) is 0 Å². The van der Waals surface area contributed by atoms with Crippen molar-refractivity contribution in [3.05, 3.63) is 79.2 Å². The maximum absolute atomic E-state index is 12.7. The van der Waals surface area contributed by atoms with Crippen molar-refractivity contribution in [3.63, 3.8) is 0 Å². The molecule has 0 spiro atoms. The summed E-state index contributed by atoms with van der Waals surface area (Å²) >= 11 is 4.48. The van der Waals surface area contributed by atoms with Crippen LogP contribution in [0.1, 0.15) is 50.1 Å². The minimum atomic E-state index is -0.313. The zero-order valence-corrected chi connectivity index (χ0v) is 23.9. The molecule has 1 fully saturated rings. The molecule has 194 valence electrons. The van der Waals surface area contributed by atoms with Gasteiger partial charge in [0.15, 0.2) is 0 Å². The molecule has 0 radical (unpaired) electrons. The van der Waals surface area contributed by atoms with E-state index in [-0.39, 0.29) is 11.2 Å². The Morgan fingerprint density at radius 2 is 1.97 bits per heavy atom. The van der Waals surface area contributed by atoms with Crippen molar-refractivity contribution in [3.8, 4) is 11.8 Å². The number of hydrogen-bond donors (Lipinski definition) is 0. The Morgan fingerprint density at radius 1 is 1.14 bits per heavy atom. The Kier molecular flexibility index (Phi) is 9.87. The van der Waals surface area contributed by atoms with Crippen LogP contribution in [0.25, 0.3) is 0 Å². The van der Waals surface area contributed by atoms with Crippen LogP contribution in [0.4, 0.5) is 4.79 Å². The van der Waals surface area contributed by atoms with E-state index >= 15 is 0 Å². The lowest BCUT2D eigenvalue weighted by molar-refractivity contribution is 0.0241. The highest BCUT2D eigenvalue weighted by atomic mass is 32.2. The van der Waals surface area contributed by atoms with Crippen molar-refractivity contribution in [2.24, 2.45) is 5.92 Å². The monoisotopic (exact) mass is 552 g/mol. The predicted octanol–water partition coefficient (Wildman–Crippen LogP) is 6.50. The fraction of sp³-hybridized carbons (Fsp3) is 0.379. The molecule has 1 amide bonds. The summed E-state index contributed by atoms with van der Waals surface area (Å²) < 4.78 is 4.80. The number of hydrogen-bond acceptors (Lipinski definition) is 7. The van der Waals surface area contributed by atoms with Gasteiger partial charge in [0.2, 0.25) is 0 Å². The van der Waals surface area contributed by atoms with Gasteiger partial charge >= 0.3 is 5.97 Å².